The van der Waals surface area contributed by atoms with Crippen molar-refractivity contribution in [3.63, 3.8) is 0 Å². The number of primary sulfonamides is 1. The third kappa shape index (κ3) is 14.7. The Kier molecular flexibility index (Phi) is 22.0. The van der Waals surface area contributed by atoms with E-state index in [0.717, 1.165) is 0 Å². The van der Waals surface area contributed by atoms with Gasteiger partial charge in [-0.05, 0) is 67.8 Å². The van der Waals surface area contributed by atoms with Crippen molar-refractivity contribution >= 4 is 44.8 Å². The van der Waals surface area contributed by atoms with Gasteiger partial charge in [0.15, 0.2) is 11.6 Å². The highest BCUT2D eigenvalue weighted by Crippen LogP contribution is 2.28. The number of hydrogen-bond acceptors (Lipinski definition) is 6. The Balaban J connectivity index is -0.000000355. The van der Waals surface area contributed by atoms with Crippen LogP contribution >= 0.6 is 24.4 Å². The number of hydrogen-bond donors (Lipinski definition) is 5. The monoisotopic (exact) mass is 591 g/mol. The molecule has 212 valence electrons. The highest BCUT2D eigenvalue weighted by atomic mass is 32.2. The largest absolute Gasteiger partial charge is 0.494 e. The summed E-state index contributed by atoms with van der Waals surface area (Å²) in [6.45, 7) is 1.65. The number of thiocarbonyl (C=S) groups is 2. The van der Waals surface area contributed by atoms with Gasteiger partial charge in [0.25, 0.3) is 10.3 Å². The molecule has 0 fully saturated rings. The molecule has 15 heteroatoms. The van der Waals surface area contributed by atoms with E-state index in [-0.39, 0.29) is 36.7 Å². The molecule has 0 aliphatic heterocycles. The molecule has 0 aliphatic rings. The van der Waals surface area contributed by atoms with Crippen LogP contribution in [0, 0.1) is 18.2 Å². The maximum absolute atomic E-state index is 14.0. The molecule has 0 unspecified atom stereocenters. The van der Waals surface area contributed by atoms with Gasteiger partial charge in [-0.1, -0.05) is 27.0 Å². The molecule has 0 radical (unpaired) electrons. The van der Waals surface area contributed by atoms with E-state index in [1.807, 2.05) is 0 Å². The van der Waals surface area contributed by atoms with Crippen LogP contribution in [0.3, 0.4) is 0 Å². The predicted molar refractivity (Wildman–Crippen MR) is 157 cm³/mol. The fraction of sp³-hybridized carbons (Fsp3) is 0.174. The quantitative estimate of drug-likeness (QED) is 0.221. The van der Waals surface area contributed by atoms with Crippen LogP contribution < -0.4 is 21.3 Å². The van der Waals surface area contributed by atoms with E-state index in [1.165, 1.54) is 36.2 Å². The summed E-state index contributed by atoms with van der Waals surface area (Å²) < 4.78 is 43.9. The molecule has 1 heterocycles. The van der Waals surface area contributed by atoms with Crippen LogP contribution in [0.4, 0.5) is 4.39 Å². The standard InChI is InChI=1S/C16H14FN3O3S.C3H4.2CH3NOS.2CH4.H2O/c1-23-15-7-6-11(10-12(15)17)13-8-9-19-20(13)14-4-2-3-5-16(14)24(18,21)22;1-3-2;2*2-1(3)4;;;/h2-10H,1H3,(H2,18,21,22);1H,2H3;2*(H3,2,3,4);2*1H4;1H2. The molecule has 38 heavy (non-hydrogen) atoms. The molecular formula is C23H34FN5O6S3. The van der Waals surface area contributed by atoms with Crippen LogP contribution in [0.25, 0.3) is 16.9 Å². The number of aliphatic hydroxyl groups is 2. The molecule has 0 atom stereocenters. The van der Waals surface area contributed by atoms with Gasteiger partial charge in [0.2, 0.25) is 10.0 Å². The Morgan fingerprint density at radius 1 is 1.11 bits per heavy atom. The zero-order valence-electron chi connectivity index (χ0n) is 19.1. The SMILES string of the molecule is C.C.C#CC.COc1ccc(-c2ccnn2-c2ccccc2S(N)(=O)=O)cc1F.NC(O)=S.NC(O)=S.O. The first-order valence-electron chi connectivity index (χ1n) is 9.14. The number of terminal acetylenes is 1. The molecule has 11 nitrogen and oxygen atoms in total. The predicted octanol–water partition coefficient (Wildman–Crippen LogP) is 3.00. The Bertz CT molecular complexity index is 1270. The minimum atomic E-state index is -3.93. The smallest absolute Gasteiger partial charge is 0.251 e. The Morgan fingerprint density at radius 3 is 2.00 bits per heavy atom. The highest BCUT2D eigenvalue weighted by molar-refractivity contribution is 7.89. The highest BCUT2D eigenvalue weighted by Gasteiger charge is 2.18. The van der Waals surface area contributed by atoms with Crippen molar-refractivity contribution in [1.29, 1.82) is 0 Å². The van der Waals surface area contributed by atoms with Gasteiger partial charge in [-0.15, -0.1) is 12.3 Å². The Hall–Kier alpha value is -3.81. The lowest BCUT2D eigenvalue weighted by molar-refractivity contribution is 0.386. The number of para-hydroxylation sites is 1. The lowest BCUT2D eigenvalue weighted by atomic mass is 10.1. The number of aliphatic hydroxyl groups excluding tert-OH is 2. The van der Waals surface area contributed by atoms with E-state index in [2.05, 4.69) is 53.3 Å². The number of ether oxygens (including phenoxy) is 1. The number of benzene rings is 2. The molecule has 2 aromatic carbocycles. The first-order valence-corrected chi connectivity index (χ1v) is 11.5. The molecule has 1 aromatic heterocycles. The van der Waals surface area contributed by atoms with Crippen molar-refractivity contribution in [1.82, 2.24) is 9.78 Å². The van der Waals surface area contributed by atoms with Crippen LogP contribution in [0.1, 0.15) is 21.8 Å². The van der Waals surface area contributed by atoms with E-state index >= 15 is 0 Å². The normalized spacial score (nSPS) is 8.71. The number of sulfonamides is 1. The van der Waals surface area contributed by atoms with Crippen molar-refractivity contribution in [2.24, 2.45) is 16.6 Å². The summed E-state index contributed by atoms with van der Waals surface area (Å²) in [5, 5.41) is 23.6. The third-order valence-corrected chi connectivity index (χ3v) is 4.45. The summed E-state index contributed by atoms with van der Waals surface area (Å²) in [6.07, 6.45) is 6.09. The van der Waals surface area contributed by atoms with Crippen molar-refractivity contribution in [3.05, 3.63) is 60.5 Å². The number of aromatic nitrogens is 2. The fourth-order valence-electron chi connectivity index (χ4n) is 2.41. The maximum Gasteiger partial charge on any atom is 0.251 e. The molecule has 0 saturated carbocycles. The molecular weight excluding hydrogens is 557 g/mol. The minimum absolute atomic E-state index is 0. The molecule has 0 saturated heterocycles. The summed E-state index contributed by atoms with van der Waals surface area (Å²) >= 11 is 7.74. The lowest BCUT2D eigenvalue weighted by Gasteiger charge is -2.12. The number of nitrogens with two attached hydrogens (primary N) is 3. The summed E-state index contributed by atoms with van der Waals surface area (Å²) in [5.41, 5.74) is 10.1. The van der Waals surface area contributed by atoms with Gasteiger partial charge in [0.1, 0.15) is 4.90 Å². The van der Waals surface area contributed by atoms with Crippen LogP contribution in [-0.4, -0.2) is 51.3 Å². The van der Waals surface area contributed by atoms with Gasteiger partial charge >= 0.3 is 0 Å². The molecule has 3 aromatic rings. The number of methoxy groups -OCH3 is 1. The average Bonchev–Trinajstić information content (AvgIpc) is 3.23. The molecule has 10 N–H and O–H groups in total. The second-order valence-corrected chi connectivity index (χ2v) is 8.32. The average molecular weight is 592 g/mol. The van der Waals surface area contributed by atoms with Crippen molar-refractivity contribution in [2.75, 3.05) is 7.11 Å². The van der Waals surface area contributed by atoms with Crippen molar-refractivity contribution < 1.29 is 33.2 Å². The molecule has 0 amide bonds. The second-order valence-electron chi connectivity index (χ2n) is 5.96. The van der Waals surface area contributed by atoms with Gasteiger partial charge in [-0.2, -0.15) is 5.10 Å². The minimum Gasteiger partial charge on any atom is -0.494 e. The molecule has 0 bridgehead atoms. The fourth-order valence-corrected chi connectivity index (χ4v) is 3.13. The van der Waals surface area contributed by atoms with E-state index < -0.39 is 26.2 Å². The lowest BCUT2D eigenvalue weighted by Crippen LogP contribution is -2.16. The van der Waals surface area contributed by atoms with Crippen LogP contribution in [0.15, 0.2) is 59.6 Å². The third-order valence-electron chi connectivity index (χ3n) is 3.49. The van der Waals surface area contributed by atoms with Crippen molar-refractivity contribution in [3.8, 4) is 35.0 Å². The topological polar surface area (TPSA) is 211 Å². The van der Waals surface area contributed by atoms with Crippen LogP contribution in [0.2, 0.25) is 0 Å². The summed E-state index contributed by atoms with van der Waals surface area (Å²) in [4.78, 5) is -0.0658. The van der Waals surface area contributed by atoms with Gasteiger partial charge in [-0.25, -0.2) is 22.6 Å². The van der Waals surface area contributed by atoms with Gasteiger partial charge in [-0.3, -0.25) is 0 Å². The van der Waals surface area contributed by atoms with Crippen LogP contribution in [-0.2, 0) is 10.0 Å². The number of rotatable bonds is 4. The van der Waals surface area contributed by atoms with E-state index in [0.29, 0.717) is 11.3 Å². The number of nitrogens with zero attached hydrogens (tertiary/aromatic N) is 2. The zero-order valence-corrected chi connectivity index (χ0v) is 21.6. The van der Waals surface area contributed by atoms with E-state index in [4.69, 9.17) is 20.1 Å². The van der Waals surface area contributed by atoms with Crippen molar-refractivity contribution in [2.45, 2.75) is 26.7 Å². The van der Waals surface area contributed by atoms with Gasteiger partial charge in [0, 0.05) is 5.56 Å². The maximum atomic E-state index is 14.0. The van der Waals surface area contributed by atoms with Gasteiger partial charge in [0.05, 0.1) is 24.7 Å². The summed E-state index contributed by atoms with van der Waals surface area (Å²) in [7, 11) is -2.55. The number of halogens is 1. The first kappa shape index (κ1) is 41.3. The first-order chi connectivity index (χ1) is 16.3. The van der Waals surface area contributed by atoms with E-state index in [1.54, 1.807) is 37.3 Å². The van der Waals surface area contributed by atoms with E-state index in [9.17, 15) is 12.8 Å². The molecule has 0 aliphatic carbocycles. The Labute approximate surface area is 233 Å². The van der Waals surface area contributed by atoms with Gasteiger partial charge < -0.3 is 31.9 Å². The molecule has 3 rings (SSSR count). The molecule has 0 spiro atoms. The Morgan fingerprint density at radius 2 is 1.58 bits per heavy atom. The second kappa shape index (κ2) is 20.3. The summed E-state index contributed by atoms with van der Waals surface area (Å²) in [6, 6.07) is 12.3. The van der Waals surface area contributed by atoms with Crippen LogP contribution in [0.5, 0.6) is 5.75 Å². The summed E-state index contributed by atoms with van der Waals surface area (Å²) in [5.74, 6) is 1.84. The zero-order chi connectivity index (χ0) is 27.2.